The van der Waals surface area contributed by atoms with Crippen LogP contribution in [0, 0.1) is 0 Å². The van der Waals surface area contributed by atoms with Crippen molar-refractivity contribution in [3.8, 4) is 23.0 Å². The highest BCUT2D eigenvalue weighted by atomic mass is 16.5. The third-order valence-corrected chi connectivity index (χ3v) is 3.50. The highest BCUT2D eigenvalue weighted by Gasteiger charge is 2.28. The van der Waals surface area contributed by atoms with Gasteiger partial charge in [-0.3, -0.25) is 4.79 Å². The molecule has 0 spiro atoms. The van der Waals surface area contributed by atoms with Crippen LogP contribution >= 0.6 is 0 Å². The fraction of sp³-hybridized carbons (Fsp3) is 0.188. The molecule has 1 atom stereocenters. The van der Waals surface area contributed by atoms with E-state index in [1.165, 1.54) is 12.1 Å². The van der Waals surface area contributed by atoms with Gasteiger partial charge in [0.1, 0.15) is 17.6 Å². The van der Waals surface area contributed by atoms with Crippen LogP contribution in [0.1, 0.15) is 28.4 Å². The van der Waals surface area contributed by atoms with Crippen LogP contribution in [0.4, 0.5) is 0 Å². The molecule has 0 saturated heterocycles. The van der Waals surface area contributed by atoms with E-state index in [-0.39, 0.29) is 23.7 Å². The van der Waals surface area contributed by atoms with Crippen LogP contribution in [-0.2, 0) is 0 Å². The molecule has 108 valence electrons. The summed E-state index contributed by atoms with van der Waals surface area (Å²) in [6.07, 6.45) is -0.313. The lowest BCUT2D eigenvalue weighted by atomic mass is 9.96. The first-order valence-corrected chi connectivity index (χ1v) is 6.48. The number of fused-ring (bicyclic) bond motifs is 1. The molecular weight excluding hydrogens is 272 g/mol. The van der Waals surface area contributed by atoms with Gasteiger partial charge in [-0.2, -0.15) is 0 Å². The Morgan fingerprint density at radius 2 is 1.95 bits per heavy atom. The summed E-state index contributed by atoms with van der Waals surface area (Å²) in [4.78, 5) is 12.2. The minimum absolute atomic E-state index is 0.0310. The van der Waals surface area contributed by atoms with Crippen LogP contribution in [0.3, 0.4) is 0 Å². The summed E-state index contributed by atoms with van der Waals surface area (Å²) >= 11 is 0. The van der Waals surface area contributed by atoms with Crippen molar-refractivity contribution < 1.29 is 24.5 Å². The van der Waals surface area contributed by atoms with Crippen molar-refractivity contribution in [3.63, 3.8) is 0 Å². The number of rotatable bonds is 2. The average molecular weight is 286 g/mol. The highest BCUT2D eigenvalue weighted by Crippen LogP contribution is 2.38. The van der Waals surface area contributed by atoms with E-state index >= 15 is 0 Å². The zero-order valence-corrected chi connectivity index (χ0v) is 11.4. The van der Waals surface area contributed by atoms with Gasteiger partial charge in [-0.05, 0) is 29.8 Å². The number of phenols is 2. The molecule has 0 radical (unpaired) electrons. The van der Waals surface area contributed by atoms with Gasteiger partial charge in [-0.1, -0.05) is 6.07 Å². The van der Waals surface area contributed by atoms with Gasteiger partial charge in [0.2, 0.25) is 0 Å². The van der Waals surface area contributed by atoms with Gasteiger partial charge in [0, 0.05) is 6.07 Å². The molecule has 21 heavy (non-hydrogen) atoms. The maximum absolute atomic E-state index is 12.2. The molecule has 5 nitrogen and oxygen atoms in total. The van der Waals surface area contributed by atoms with E-state index in [0.29, 0.717) is 22.6 Å². The van der Waals surface area contributed by atoms with Crippen molar-refractivity contribution in [2.24, 2.45) is 0 Å². The number of benzene rings is 2. The van der Waals surface area contributed by atoms with E-state index in [4.69, 9.17) is 9.47 Å². The Morgan fingerprint density at radius 3 is 2.67 bits per heavy atom. The molecule has 1 aliphatic heterocycles. The Morgan fingerprint density at radius 1 is 1.14 bits per heavy atom. The lowest BCUT2D eigenvalue weighted by molar-refractivity contribution is 0.0849. The molecule has 0 bridgehead atoms. The number of hydrogen-bond donors (Lipinski definition) is 2. The minimum Gasteiger partial charge on any atom is -0.504 e. The molecule has 5 heteroatoms. The Hall–Kier alpha value is -2.69. The van der Waals surface area contributed by atoms with E-state index < -0.39 is 6.10 Å². The molecule has 0 saturated carbocycles. The largest absolute Gasteiger partial charge is 0.504 e. The molecule has 0 unspecified atom stereocenters. The number of ketones is 1. The van der Waals surface area contributed by atoms with Crippen LogP contribution < -0.4 is 9.47 Å². The highest BCUT2D eigenvalue weighted by molar-refractivity contribution is 6.00. The van der Waals surface area contributed by atoms with Crippen molar-refractivity contribution in [2.75, 3.05) is 7.11 Å². The third-order valence-electron chi connectivity index (χ3n) is 3.50. The van der Waals surface area contributed by atoms with E-state index in [1.807, 2.05) is 0 Å². The first-order valence-electron chi connectivity index (χ1n) is 6.48. The van der Waals surface area contributed by atoms with Gasteiger partial charge in [0.15, 0.2) is 17.3 Å². The maximum atomic E-state index is 12.2. The normalized spacial score (nSPS) is 17.0. The van der Waals surface area contributed by atoms with Crippen LogP contribution in [0.15, 0.2) is 36.4 Å². The molecule has 2 N–H and O–H groups in total. The molecule has 1 heterocycles. The average Bonchev–Trinajstić information content (AvgIpc) is 2.49. The van der Waals surface area contributed by atoms with Crippen LogP contribution in [-0.4, -0.2) is 23.1 Å². The van der Waals surface area contributed by atoms with Gasteiger partial charge in [-0.15, -0.1) is 0 Å². The molecule has 3 rings (SSSR count). The fourth-order valence-electron chi connectivity index (χ4n) is 2.36. The monoisotopic (exact) mass is 286 g/mol. The summed E-state index contributed by atoms with van der Waals surface area (Å²) in [6.45, 7) is 0. The summed E-state index contributed by atoms with van der Waals surface area (Å²) < 4.78 is 11.0. The van der Waals surface area contributed by atoms with Gasteiger partial charge in [-0.25, -0.2) is 0 Å². The molecule has 2 aromatic carbocycles. The van der Waals surface area contributed by atoms with E-state index in [1.54, 1.807) is 31.4 Å². The minimum atomic E-state index is -0.497. The second kappa shape index (κ2) is 5.01. The van der Waals surface area contributed by atoms with E-state index in [0.717, 1.165) is 0 Å². The summed E-state index contributed by atoms with van der Waals surface area (Å²) in [7, 11) is 1.54. The van der Waals surface area contributed by atoms with Gasteiger partial charge in [0.25, 0.3) is 0 Å². The molecule has 0 aliphatic carbocycles. The zero-order chi connectivity index (χ0) is 15.0. The van der Waals surface area contributed by atoms with Crippen molar-refractivity contribution in [1.82, 2.24) is 0 Å². The summed E-state index contributed by atoms with van der Waals surface area (Å²) in [5.41, 5.74) is 1.15. The zero-order valence-electron chi connectivity index (χ0n) is 11.4. The van der Waals surface area contributed by atoms with Crippen molar-refractivity contribution >= 4 is 5.78 Å². The molecule has 0 aromatic heterocycles. The number of methoxy groups -OCH3 is 1. The lowest BCUT2D eigenvalue weighted by Gasteiger charge is -2.26. The number of carbonyl (C=O) groups excluding carboxylic acids is 1. The standard InChI is InChI=1S/C16H14O5/c1-20-10-3-4-11-13(18)8-15(21-16(11)7-10)9-2-5-12(17)14(19)6-9/h2-7,15,17,19H,8H2,1H3/t15-/m0/s1. The smallest absolute Gasteiger partial charge is 0.170 e. The van der Waals surface area contributed by atoms with Gasteiger partial charge >= 0.3 is 0 Å². The topological polar surface area (TPSA) is 76.0 Å². The SMILES string of the molecule is COc1ccc2c(c1)O[C@H](c1ccc(O)c(O)c1)CC2=O. The lowest BCUT2D eigenvalue weighted by Crippen LogP contribution is -2.20. The van der Waals surface area contributed by atoms with Crippen molar-refractivity contribution in [1.29, 1.82) is 0 Å². The van der Waals surface area contributed by atoms with Crippen LogP contribution in [0.5, 0.6) is 23.0 Å². The number of carbonyl (C=O) groups is 1. The fourth-order valence-corrected chi connectivity index (χ4v) is 2.36. The molecule has 0 fully saturated rings. The van der Waals surface area contributed by atoms with Crippen LogP contribution in [0.25, 0.3) is 0 Å². The summed E-state index contributed by atoms with van der Waals surface area (Å²) in [5.74, 6) is 0.596. The van der Waals surface area contributed by atoms with Crippen LogP contribution in [0.2, 0.25) is 0 Å². The quantitative estimate of drug-likeness (QED) is 0.830. The maximum Gasteiger partial charge on any atom is 0.170 e. The first kappa shape index (κ1) is 13.3. The Balaban J connectivity index is 1.96. The number of ether oxygens (including phenoxy) is 2. The van der Waals surface area contributed by atoms with Gasteiger partial charge < -0.3 is 19.7 Å². The van der Waals surface area contributed by atoms with Gasteiger partial charge in [0.05, 0.1) is 19.1 Å². The first-order chi connectivity index (χ1) is 10.1. The van der Waals surface area contributed by atoms with E-state index in [2.05, 4.69) is 0 Å². The Kier molecular flexibility index (Phi) is 3.17. The molecule has 0 amide bonds. The molecular formula is C16H14O5. The summed E-state index contributed by atoms with van der Waals surface area (Å²) in [6, 6.07) is 9.46. The Bertz CT molecular complexity index is 708. The molecule has 2 aromatic rings. The van der Waals surface area contributed by atoms with E-state index in [9.17, 15) is 15.0 Å². The summed E-state index contributed by atoms with van der Waals surface area (Å²) in [5, 5.41) is 18.9. The second-order valence-electron chi connectivity index (χ2n) is 4.84. The predicted molar refractivity (Wildman–Crippen MR) is 75.1 cm³/mol. The number of phenolic OH excluding ortho intramolecular Hbond substituents is 2. The van der Waals surface area contributed by atoms with Crippen molar-refractivity contribution in [2.45, 2.75) is 12.5 Å². The van der Waals surface area contributed by atoms with Crippen molar-refractivity contribution in [3.05, 3.63) is 47.5 Å². The Labute approximate surface area is 121 Å². The second-order valence-corrected chi connectivity index (χ2v) is 4.84. The number of hydrogen-bond acceptors (Lipinski definition) is 5. The predicted octanol–water partition coefficient (Wildman–Crippen LogP) is 2.81. The third kappa shape index (κ3) is 2.38. The molecule has 1 aliphatic rings. The number of Topliss-reactive ketones (excluding diaryl/α,β-unsaturated/α-hetero) is 1. The number of aromatic hydroxyl groups is 2.